The van der Waals surface area contributed by atoms with Crippen LogP contribution in [-0.4, -0.2) is 9.55 Å². The topological polar surface area (TPSA) is 66.6 Å². The average Bonchev–Trinajstić information content (AvgIpc) is 2.96. The van der Waals surface area contributed by atoms with Crippen LogP contribution in [0.5, 0.6) is 0 Å². The third-order valence-electron chi connectivity index (χ3n) is 3.88. The number of nitrogens with zero attached hydrogens (tertiary/aromatic N) is 5. The summed E-state index contributed by atoms with van der Waals surface area (Å²) in [5, 5.41) is 4.01. The highest BCUT2D eigenvalue weighted by atomic mass is 15.2. The van der Waals surface area contributed by atoms with Crippen molar-refractivity contribution < 1.29 is 0 Å². The first-order valence-electron chi connectivity index (χ1n) is 7.39. The molecule has 0 radical (unpaired) electrons. The lowest BCUT2D eigenvalue weighted by Crippen LogP contribution is -2.15. The van der Waals surface area contributed by atoms with Gasteiger partial charge in [-0.1, -0.05) is 62.1 Å². The Morgan fingerprint density at radius 2 is 1.95 bits per heavy atom. The maximum absolute atomic E-state index is 8.88. The highest BCUT2D eigenvalue weighted by Crippen LogP contribution is 2.30. The number of azide groups is 1. The molecule has 0 amide bonds. The fourth-order valence-corrected chi connectivity index (χ4v) is 2.65. The van der Waals surface area contributed by atoms with Gasteiger partial charge in [-0.25, -0.2) is 4.98 Å². The molecule has 0 aliphatic heterocycles. The van der Waals surface area contributed by atoms with E-state index >= 15 is 0 Å². The van der Waals surface area contributed by atoms with E-state index in [1.54, 1.807) is 6.20 Å². The van der Waals surface area contributed by atoms with Gasteiger partial charge in [0.15, 0.2) is 0 Å². The summed E-state index contributed by atoms with van der Waals surface area (Å²) in [6.07, 6.45) is 5.67. The van der Waals surface area contributed by atoms with Crippen LogP contribution < -0.4 is 0 Å². The van der Waals surface area contributed by atoms with Crippen LogP contribution in [0, 0.1) is 5.92 Å². The van der Waals surface area contributed by atoms with Gasteiger partial charge in [0.25, 0.3) is 0 Å². The number of benzene rings is 1. The van der Waals surface area contributed by atoms with E-state index in [2.05, 4.69) is 45.6 Å². The van der Waals surface area contributed by atoms with Gasteiger partial charge in [-0.2, -0.15) is 0 Å². The smallest absolute Gasteiger partial charge is 0.118 e. The second-order valence-corrected chi connectivity index (χ2v) is 5.13. The lowest BCUT2D eigenvalue weighted by molar-refractivity contribution is 0.382. The fourth-order valence-electron chi connectivity index (χ4n) is 2.65. The number of rotatable bonds is 7. The molecule has 0 bridgehead atoms. The third-order valence-corrected chi connectivity index (χ3v) is 3.88. The van der Waals surface area contributed by atoms with Crippen molar-refractivity contribution in [1.29, 1.82) is 0 Å². The minimum absolute atomic E-state index is 0.205. The zero-order valence-corrected chi connectivity index (χ0v) is 12.6. The number of imidazole rings is 1. The predicted molar refractivity (Wildman–Crippen MR) is 83.7 cm³/mol. The molecule has 0 fully saturated rings. The first-order valence-corrected chi connectivity index (χ1v) is 7.39. The van der Waals surface area contributed by atoms with E-state index in [-0.39, 0.29) is 6.04 Å². The maximum atomic E-state index is 8.88. The van der Waals surface area contributed by atoms with Crippen molar-refractivity contribution in [2.24, 2.45) is 11.0 Å². The Hall–Kier alpha value is -2.26. The van der Waals surface area contributed by atoms with Crippen molar-refractivity contribution in [1.82, 2.24) is 9.55 Å². The van der Waals surface area contributed by atoms with Crippen molar-refractivity contribution in [3.63, 3.8) is 0 Å². The Morgan fingerprint density at radius 1 is 1.24 bits per heavy atom. The molecule has 0 spiro atoms. The molecule has 1 unspecified atom stereocenters. The van der Waals surface area contributed by atoms with Crippen LogP contribution >= 0.6 is 0 Å². The number of aromatic nitrogens is 2. The molecule has 21 heavy (non-hydrogen) atoms. The molecule has 0 saturated carbocycles. The minimum Gasteiger partial charge on any atom is -0.330 e. The first kappa shape index (κ1) is 15.1. The molecule has 2 rings (SSSR count). The Labute approximate surface area is 125 Å². The lowest BCUT2D eigenvalue weighted by atomic mass is 9.94. The van der Waals surface area contributed by atoms with Crippen LogP contribution in [0.15, 0.2) is 47.8 Å². The van der Waals surface area contributed by atoms with E-state index < -0.39 is 0 Å². The summed E-state index contributed by atoms with van der Waals surface area (Å²) in [4.78, 5) is 7.47. The summed E-state index contributed by atoms with van der Waals surface area (Å²) in [5.74, 6) is 1.17. The molecule has 0 N–H and O–H groups in total. The number of hydrogen-bond donors (Lipinski definition) is 0. The Balaban J connectivity index is 2.30. The number of hydrogen-bond acceptors (Lipinski definition) is 2. The Kier molecular flexibility index (Phi) is 5.41. The van der Waals surface area contributed by atoms with E-state index in [1.807, 2.05) is 24.4 Å². The largest absolute Gasteiger partial charge is 0.330 e. The van der Waals surface area contributed by atoms with Gasteiger partial charge < -0.3 is 4.57 Å². The summed E-state index contributed by atoms with van der Waals surface area (Å²) in [6, 6.07) is 10.0. The molecular weight excluding hydrogens is 262 g/mol. The standard InChI is InChI=1S/C16H21N5/c1-3-14(4-2)15(19-20-17)16-18-10-11-21(16)12-13-8-6-5-7-9-13/h5-11,14-15H,3-4,12H2,1-2H3. The predicted octanol–water partition coefficient (Wildman–Crippen LogP) is 4.72. The van der Waals surface area contributed by atoms with Gasteiger partial charge in [-0.3, -0.25) is 0 Å². The highest BCUT2D eigenvalue weighted by molar-refractivity contribution is 5.16. The molecule has 1 aromatic carbocycles. The molecular formula is C16H21N5. The van der Waals surface area contributed by atoms with E-state index in [0.29, 0.717) is 5.92 Å². The molecule has 5 heteroatoms. The van der Waals surface area contributed by atoms with E-state index in [0.717, 1.165) is 25.2 Å². The van der Waals surface area contributed by atoms with E-state index in [4.69, 9.17) is 5.53 Å². The van der Waals surface area contributed by atoms with Crippen LogP contribution in [-0.2, 0) is 6.54 Å². The van der Waals surface area contributed by atoms with Crippen LogP contribution in [0.25, 0.3) is 10.4 Å². The van der Waals surface area contributed by atoms with Crippen LogP contribution in [0.1, 0.15) is 44.1 Å². The molecule has 0 aliphatic carbocycles. The van der Waals surface area contributed by atoms with Crippen molar-refractivity contribution in [3.8, 4) is 0 Å². The normalized spacial score (nSPS) is 12.1. The van der Waals surface area contributed by atoms with E-state index in [9.17, 15) is 0 Å². The van der Waals surface area contributed by atoms with Crippen LogP contribution in [0.4, 0.5) is 0 Å². The summed E-state index contributed by atoms with van der Waals surface area (Å²) in [7, 11) is 0. The van der Waals surface area contributed by atoms with Gasteiger partial charge in [0.1, 0.15) is 5.82 Å². The average molecular weight is 283 g/mol. The molecule has 110 valence electrons. The van der Waals surface area contributed by atoms with Crippen molar-refractivity contribution >= 4 is 0 Å². The first-order chi connectivity index (χ1) is 10.3. The second-order valence-electron chi connectivity index (χ2n) is 5.13. The Bertz CT molecular complexity index is 594. The summed E-state index contributed by atoms with van der Waals surface area (Å²) in [6.45, 7) is 4.99. The molecule has 1 aromatic heterocycles. The fraction of sp³-hybridized carbons (Fsp3) is 0.438. The highest BCUT2D eigenvalue weighted by Gasteiger charge is 2.23. The summed E-state index contributed by atoms with van der Waals surface area (Å²) in [5.41, 5.74) is 10.1. The molecule has 1 atom stereocenters. The molecule has 1 heterocycles. The summed E-state index contributed by atoms with van der Waals surface area (Å²) >= 11 is 0. The Morgan fingerprint density at radius 3 is 2.57 bits per heavy atom. The minimum atomic E-state index is -0.205. The zero-order valence-electron chi connectivity index (χ0n) is 12.6. The van der Waals surface area contributed by atoms with Gasteiger partial charge in [0.05, 0.1) is 6.04 Å². The van der Waals surface area contributed by atoms with Crippen LogP contribution in [0.3, 0.4) is 0 Å². The third kappa shape index (κ3) is 3.64. The van der Waals surface area contributed by atoms with Crippen molar-refractivity contribution in [2.75, 3.05) is 0 Å². The van der Waals surface area contributed by atoms with Gasteiger partial charge in [0.2, 0.25) is 0 Å². The van der Waals surface area contributed by atoms with Gasteiger partial charge in [0, 0.05) is 23.9 Å². The van der Waals surface area contributed by atoms with Crippen molar-refractivity contribution in [3.05, 3.63) is 64.6 Å². The van der Waals surface area contributed by atoms with E-state index in [1.165, 1.54) is 5.56 Å². The zero-order chi connectivity index (χ0) is 15.1. The summed E-state index contributed by atoms with van der Waals surface area (Å²) < 4.78 is 2.08. The second kappa shape index (κ2) is 7.50. The molecule has 2 aromatic rings. The quantitative estimate of drug-likeness (QED) is 0.412. The van der Waals surface area contributed by atoms with Gasteiger partial charge in [-0.05, 0) is 17.0 Å². The van der Waals surface area contributed by atoms with Gasteiger partial charge in [-0.15, -0.1) is 0 Å². The SMILES string of the molecule is CCC(CC)C(N=[N+]=[N-])c1nccn1Cc1ccccc1. The lowest BCUT2D eigenvalue weighted by Gasteiger charge is -2.21. The molecule has 0 aliphatic rings. The molecule has 5 nitrogen and oxygen atoms in total. The van der Waals surface area contributed by atoms with Gasteiger partial charge >= 0.3 is 0 Å². The maximum Gasteiger partial charge on any atom is 0.118 e. The van der Waals surface area contributed by atoms with Crippen molar-refractivity contribution in [2.45, 2.75) is 39.3 Å². The monoisotopic (exact) mass is 283 g/mol. The molecule has 0 saturated heterocycles. The van der Waals surface area contributed by atoms with Crippen LogP contribution in [0.2, 0.25) is 0 Å².